The molecule has 0 aromatic heterocycles. The highest BCUT2D eigenvalue weighted by molar-refractivity contribution is 7.91. The van der Waals surface area contributed by atoms with Crippen molar-refractivity contribution >= 4 is 15.5 Å². The molecule has 1 saturated heterocycles. The molecule has 3 rings (SSSR count). The molecule has 1 aromatic carbocycles. The molecular weight excluding hydrogens is 274 g/mol. The summed E-state index contributed by atoms with van der Waals surface area (Å²) in [7, 11) is -3.11. The second kappa shape index (κ2) is 5.37. The van der Waals surface area contributed by atoms with Crippen molar-refractivity contribution in [2.75, 3.05) is 17.7 Å². The molecule has 1 saturated carbocycles. The molecule has 4 nitrogen and oxygen atoms in total. The summed E-state index contributed by atoms with van der Waals surface area (Å²) >= 11 is 0. The molecule has 0 amide bonds. The molecule has 2 atom stereocenters. The van der Waals surface area contributed by atoms with Crippen molar-refractivity contribution in [2.24, 2.45) is 5.92 Å². The fourth-order valence-electron chi connectivity index (χ4n) is 2.79. The Morgan fingerprint density at radius 3 is 2.50 bits per heavy atom. The van der Waals surface area contributed by atoms with Gasteiger partial charge in [0.2, 0.25) is 0 Å². The van der Waals surface area contributed by atoms with Crippen molar-refractivity contribution in [3.8, 4) is 0 Å². The van der Waals surface area contributed by atoms with Gasteiger partial charge >= 0.3 is 0 Å². The van der Waals surface area contributed by atoms with E-state index in [0.29, 0.717) is 17.0 Å². The van der Waals surface area contributed by atoms with Gasteiger partial charge < -0.3 is 10.1 Å². The van der Waals surface area contributed by atoms with Crippen LogP contribution in [-0.2, 0) is 14.6 Å². The zero-order chi connectivity index (χ0) is 14.2. The van der Waals surface area contributed by atoms with E-state index in [1.165, 1.54) is 12.8 Å². The van der Waals surface area contributed by atoms with Crippen LogP contribution >= 0.6 is 0 Å². The van der Waals surface area contributed by atoms with E-state index in [2.05, 4.69) is 5.32 Å². The Kier molecular flexibility index (Phi) is 3.73. The quantitative estimate of drug-likeness (QED) is 0.906. The van der Waals surface area contributed by atoms with Crippen LogP contribution in [0.5, 0.6) is 0 Å². The number of benzene rings is 1. The van der Waals surface area contributed by atoms with Gasteiger partial charge in [0.25, 0.3) is 0 Å². The third-order valence-electron chi connectivity index (χ3n) is 4.17. The maximum absolute atomic E-state index is 11.8. The first-order chi connectivity index (χ1) is 9.60. The monoisotopic (exact) mass is 295 g/mol. The fourth-order valence-corrected chi connectivity index (χ4v) is 3.68. The molecule has 1 aromatic rings. The fraction of sp³-hybridized carbons (Fsp3) is 0.600. The predicted octanol–water partition coefficient (Wildman–Crippen LogP) is 2.46. The number of hydrogen-bond donors (Lipinski definition) is 1. The van der Waals surface area contributed by atoms with Crippen molar-refractivity contribution in [1.82, 2.24) is 0 Å². The lowest BCUT2D eigenvalue weighted by Crippen LogP contribution is -2.30. The Bertz CT molecular complexity index is 563. The van der Waals surface area contributed by atoms with Crippen molar-refractivity contribution in [3.05, 3.63) is 24.3 Å². The number of ether oxygens (including phenoxy) is 1. The normalized spacial score (nSPS) is 26.6. The third kappa shape index (κ3) is 2.83. The molecule has 5 heteroatoms. The maximum Gasteiger partial charge on any atom is 0.178 e. The molecule has 20 heavy (non-hydrogen) atoms. The van der Waals surface area contributed by atoms with Crippen LogP contribution in [0.2, 0.25) is 0 Å². The summed E-state index contributed by atoms with van der Waals surface area (Å²) in [4.78, 5) is 0.395. The summed E-state index contributed by atoms with van der Waals surface area (Å²) < 4.78 is 29.3. The van der Waals surface area contributed by atoms with E-state index in [1.54, 1.807) is 19.1 Å². The van der Waals surface area contributed by atoms with Crippen molar-refractivity contribution in [1.29, 1.82) is 0 Å². The summed E-state index contributed by atoms with van der Waals surface area (Å²) in [5, 5.41) is 3.49. The first-order valence-corrected chi connectivity index (χ1v) is 8.96. The number of rotatable bonds is 5. The molecule has 2 unspecified atom stereocenters. The molecule has 2 fully saturated rings. The molecule has 1 aliphatic heterocycles. The van der Waals surface area contributed by atoms with Gasteiger partial charge in [-0.05, 0) is 49.4 Å². The van der Waals surface area contributed by atoms with Crippen molar-refractivity contribution < 1.29 is 13.2 Å². The zero-order valence-corrected chi connectivity index (χ0v) is 12.5. The van der Waals surface area contributed by atoms with E-state index >= 15 is 0 Å². The molecule has 2 aliphatic rings. The second-order valence-corrected chi connectivity index (χ2v) is 7.92. The molecule has 0 bridgehead atoms. The number of sulfone groups is 1. The minimum atomic E-state index is -3.11. The first kappa shape index (κ1) is 13.9. The van der Waals surface area contributed by atoms with E-state index in [0.717, 1.165) is 24.6 Å². The summed E-state index contributed by atoms with van der Waals surface area (Å²) in [5.74, 6) is 0.856. The molecule has 110 valence electrons. The van der Waals surface area contributed by atoms with Gasteiger partial charge in [0.1, 0.15) is 0 Å². The molecule has 0 radical (unpaired) electrons. The van der Waals surface area contributed by atoms with Gasteiger partial charge in [-0.25, -0.2) is 8.42 Å². The van der Waals surface area contributed by atoms with Gasteiger partial charge in [0.05, 0.1) is 22.8 Å². The minimum absolute atomic E-state index is 0.139. The second-order valence-electron chi connectivity index (χ2n) is 5.64. The van der Waals surface area contributed by atoms with Gasteiger partial charge in [-0.2, -0.15) is 0 Å². The average Bonchev–Trinajstić information content (AvgIpc) is 3.20. The minimum Gasteiger partial charge on any atom is -0.380 e. The van der Waals surface area contributed by atoms with Crippen LogP contribution in [-0.4, -0.2) is 32.9 Å². The summed E-state index contributed by atoms with van der Waals surface area (Å²) in [6.45, 7) is 2.48. The highest BCUT2D eigenvalue weighted by Crippen LogP contribution is 2.39. The smallest absolute Gasteiger partial charge is 0.178 e. The van der Waals surface area contributed by atoms with Gasteiger partial charge in [0, 0.05) is 12.3 Å². The molecule has 1 aliphatic carbocycles. The third-order valence-corrected chi connectivity index (χ3v) is 5.92. The highest BCUT2D eigenvalue weighted by Gasteiger charge is 2.40. The molecule has 1 heterocycles. The number of anilines is 1. The largest absolute Gasteiger partial charge is 0.380 e. The lowest BCUT2D eigenvalue weighted by molar-refractivity contribution is 0.0898. The highest BCUT2D eigenvalue weighted by atomic mass is 32.2. The predicted molar refractivity (Wildman–Crippen MR) is 78.7 cm³/mol. The van der Waals surface area contributed by atoms with Crippen LogP contribution in [0.1, 0.15) is 26.2 Å². The summed E-state index contributed by atoms with van der Waals surface area (Å²) in [6.07, 6.45) is 3.90. The van der Waals surface area contributed by atoms with Crippen LogP contribution in [0.25, 0.3) is 0 Å². The lowest BCUT2D eigenvalue weighted by atomic mass is 10.1. The first-order valence-electron chi connectivity index (χ1n) is 7.31. The van der Waals surface area contributed by atoms with Crippen LogP contribution in [0.4, 0.5) is 5.69 Å². The van der Waals surface area contributed by atoms with E-state index in [-0.39, 0.29) is 5.75 Å². The Morgan fingerprint density at radius 2 is 1.90 bits per heavy atom. The maximum atomic E-state index is 11.8. The van der Waals surface area contributed by atoms with Gasteiger partial charge in [0.15, 0.2) is 9.84 Å². The number of hydrogen-bond acceptors (Lipinski definition) is 4. The standard InChI is InChI=1S/C15H21NO3S/c1-2-20(17,18)13-7-5-12(6-8-13)16-14-9-10-19-15(14)11-3-4-11/h5-8,11,14-16H,2-4,9-10H2,1H3. The topological polar surface area (TPSA) is 55.4 Å². The summed E-state index contributed by atoms with van der Waals surface area (Å²) in [6, 6.07) is 7.43. The number of nitrogens with one attached hydrogen (secondary N) is 1. The van der Waals surface area contributed by atoms with E-state index < -0.39 is 9.84 Å². The Labute approximate surface area is 120 Å². The average molecular weight is 295 g/mol. The van der Waals surface area contributed by atoms with E-state index in [1.807, 2.05) is 12.1 Å². The summed E-state index contributed by atoms with van der Waals surface area (Å²) in [5.41, 5.74) is 0.973. The van der Waals surface area contributed by atoms with E-state index in [9.17, 15) is 8.42 Å². The van der Waals surface area contributed by atoms with Crippen LogP contribution in [0.3, 0.4) is 0 Å². The molecular formula is C15H21NO3S. The molecule has 1 N–H and O–H groups in total. The van der Waals surface area contributed by atoms with Gasteiger partial charge in [-0.3, -0.25) is 0 Å². The van der Waals surface area contributed by atoms with Crippen molar-refractivity contribution in [3.63, 3.8) is 0 Å². The van der Waals surface area contributed by atoms with Gasteiger partial charge in [-0.1, -0.05) is 6.92 Å². The van der Waals surface area contributed by atoms with Crippen molar-refractivity contribution in [2.45, 2.75) is 43.2 Å². The van der Waals surface area contributed by atoms with Gasteiger partial charge in [-0.15, -0.1) is 0 Å². The Hall–Kier alpha value is -1.07. The van der Waals surface area contributed by atoms with Crippen LogP contribution in [0.15, 0.2) is 29.2 Å². The van der Waals surface area contributed by atoms with Crippen LogP contribution in [0, 0.1) is 5.92 Å². The lowest BCUT2D eigenvalue weighted by Gasteiger charge is -2.20. The van der Waals surface area contributed by atoms with Crippen LogP contribution < -0.4 is 5.32 Å². The Morgan fingerprint density at radius 1 is 1.20 bits per heavy atom. The SMILES string of the molecule is CCS(=O)(=O)c1ccc(NC2CCOC2C2CC2)cc1. The molecule has 0 spiro atoms. The van der Waals surface area contributed by atoms with E-state index in [4.69, 9.17) is 4.74 Å². The Balaban J connectivity index is 1.69. The zero-order valence-electron chi connectivity index (χ0n) is 11.7.